The van der Waals surface area contributed by atoms with Gasteiger partial charge in [-0.3, -0.25) is 0 Å². The Morgan fingerprint density at radius 2 is 2.00 bits per heavy atom. The second kappa shape index (κ2) is 9.80. The molecule has 1 atom stereocenters. The fraction of sp³-hybridized carbons (Fsp3) is 0.318. The van der Waals surface area contributed by atoms with Crippen LogP contribution in [0.5, 0.6) is 5.75 Å². The molecule has 1 heterocycles. The van der Waals surface area contributed by atoms with E-state index in [1.165, 1.54) is 13.2 Å². The van der Waals surface area contributed by atoms with Gasteiger partial charge in [0.1, 0.15) is 22.3 Å². The molecule has 6 nitrogen and oxygen atoms in total. The molecule has 0 amide bonds. The van der Waals surface area contributed by atoms with Crippen molar-refractivity contribution in [2.45, 2.75) is 19.9 Å². The SMILES string of the molecule is CCS(=O)Nc1cccc(Cc2c(CN(C)C)c3cc(Cl)c(OC)cc3oc2=O)c1F. The minimum atomic E-state index is -1.39. The molecule has 166 valence electrons. The number of hydrogen-bond acceptors (Lipinski definition) is 5. The average molecular weight is 467 g/mol. The Bertz CT molecular complexity index is 1200. The third-order valence-electron chi connectivity index (χ3n) is 4.80. The van der Waals surface area contributed by atoms with Gasteiger partial charge >= 0.3 is 5.63 Å². The lowest BCUT2D eigenvalue weighted by Crippen LogP contribution is -2.19. The molecule has 0 radical (unpaired) electrons. The van der Waals surface area contributed by atoms with Crippen molar-refractivity contribution < 1.29 is 17.8 Å². The molecule has 0 saturated heterocycles. The van der Waals surface area contributed by atoms with Crippen LogP contribution in [0.4, 0.5) is 10.1 Å². The zero-order valence-electron chi connectivity index (χ0n) is 17.8. The van der Waals surface area contributed by atoms with Crippen LogP contribution in [0.15, 0.2) is 39.5 Å². The van der Waals surface area contributed by atoms with Crippen molar-refractivity contribution in [3.8, 4) is 5.75 Å². The summed E-state index contributed by atoms with van der Waals surface area (Å²) in [6.45, 7) is 2.16. The Morgan fingerprint density at radius 1 is 1.26 bits per heavy atom. The first-order valence-corrected chi connectivity index (χ1v) is 11.3. The van der Waals surface area contributed by atoms with E-state index in [1.807, 2.05) is 19.0 Å². The van der Waals surface area contributed by atoms with E-state index < -0.39 is 22.4 Å². The van der Waals surface area contributed by atoms with Gasteiger partial charge in [0.2, 0.25) is 0 Å². The largest absolute Gasteiger partial charge is 0.495 e. The van der Waals surface area contributed by atoms with Crippen molar-refractivity contribution in [3.63, 3.8) is 0 Å². The summed E-state index contributed by atoms with van der Waals surface area (Å²) in [6.07, 6.45) is 0.0191. The molecule has 1 aromatic heterocycles. The van der Waals surface area contributed by atoms with E-state index >= 15 is 4.39 Å². The summed E-state index contributed by atoms with van der Waals surface area (Å²) in [5, 5.41) is 1.05. The number of fused-ring (bicyclic) bond motifs is 1. The monoisotopic (exact) mass is 466 g/mol. The van der Waals surface area contributed by atoms with E-state index in [4.69, 9.17) is 20.8 Å². The minimum Gasteiger partial charge on any atom is -0.495 e. The quantitative estimate of drug-likeness (QED) is 0.500. The predicted octanol–water partition coefficient (Wildman–Crippen LogP) is 4.34. The summed E-state index contributed by atoms with van der Waals surface area (Å²) in [5.41, 5.74) is 1.27. The number of nitrogens with one attached hydrogen (secondary N) is 1. The number of anilines is 1. The van der Waals surface area contributed by atoms with Crippen LogP contribution in [0.2, 0.25) is 5.02 Å². The number of benzene rings is 2. The zero-order valence-corrected chi connectivity index (χ0v) is 19.3. The van der Waals surface area contributed by atoms with Crippen LogP contribution >= 0.6 is 11.6 Å². The molecule has 1 unspecified atom stereocenters. The molecule has 0 saturated carbocycles. The minimum absolute atomic E-state index is 0.0191. The van der Waals surface area contributed by atoms with Gasteiger partial charge in [-0.2, -0.15) is 0 Å². The van der Waals surface area contributed by atoms with Gasteiger partial charge in [0, 0.05) is 35.7 Å². The molecule has 0 spiro atoms. The summed E-state index contributed by atoms with van der Waals surface area (Å²) < 4.78 is 40.3. The molecule has 0 aliphatic carbocycles. The van der Waals surface area contributed by atoms with Gasteiger partial charge in [-0.25, -0.2) is 13.4 Å². The zero-order chi connectivity index (χ0) is 22.7. The topological polar surface area (TPSA) is 71.8 Å². The standard InChI is InChI=1S/C22H24ClFN2O4S/c1-5-31(28)25-18-8-6-7-13(21(18)24)9-15-16(12-26(2)3)14-10-17(23)20(29-4)11-19(14)30-22(15)27/h6-8,10-11,25H,5,9,12H2,1-4H3. The van der Waals surface area contributed by atoms with Crippen molar-refractivity contribution in [3.05, 3.63) is 68.3 Å². The first kappa shape index (κ1) is 23.2. The normalized spacial score (nSPS) is 12.4. The summed E-state index contributed by atoms with van der Waals surface area (Å²) in [6, 6.07) is 8.04. The molecule has 0 aliphatic rings. The summed E-state index contributed by atoms with van der Waals surface area (Å²) in [5.74, 6) is 0.191. The van der Waals surface area contributed by atoms with E-state index in [9.17, 15) is 9.00 Å². The molecule has 3 aromatic rings. The third kappa shape index (κ3) is 5.08. The van der Waals surface area contributed by atoms with Gasteiger partial charge in [0.05, 0.1) is 17.8 Å². The van der Waals surface area contributed by atoms with Crippen molar-refractivity contribution >= 4 is 39.2 Å². The van der Waals surface area contributed by atoms with E-state index in [-0.39, 0.29) is 12.1 Å². The van der Waals surface area contributed by atoms with Gasteiger partial charge in [-0.1, -0.05) is 30.7 Å². The second-order valence-corrected chi connectivity index (χ2v) is 9.14. The van der Waals surface area contributed by atoms with Gasteiger partial charge < -0.3 is 18.8 Å². The first-order valence-electron chi connectivity index (χ1n) is 9.64. The molecule has 3 rings (SSSR count). The Labute approximate surface area is 187 Å². The molecule has 0 fully saturated rings. The maximum absolute atomic E-state index is 15.1. The Balaban J connectivity index is 2.16. The van der Waals surface area contributed by atoms with Crippen molar-refractivity contribution in [1.82, 2.24) is 4.90 Å². The van der Waals surface area contributed by atoms with Crippen LogP contribution in [0.1, 0.15) is 23.6 Å². The molecule has 0 bridgehead atoms. The maximum atomic E-state index is 15.1. The lowest BCUT2D eigenvalue weighted by Gasteiger charge is -2.17. The lowest BCUT2D eigenvalue weighted by atomic mass is 9.97. The fourth-order valence-electron chi connectivity index (χ4n) is 3.31. The number of halogens is 2. The lowest BCUT2D eigenvalue weighted by molar-refractivity contribution is 0.399. The van der Waals surface area contributed by atoms with Crippen molar-refractivity contribution in [1.29, 1.82) is 0 Å². The average Bonchev–Trinajstić information content (AvgIpc) is 2.72. The van der Waals surface area contributed by atoms with Gasteiger partial charge in [0.15, 0.2) is 5.82 Å². The Morgan fingerprint density at radius 3 is 2.65 bits per heavy atom. The molecule has 2 aromatic carbocycles. The van der Waals surface area contributed by atoms with Crippen LogP contribution in [0.3, 0.4) is 0 Å². The van der Waals surface area contributed by atoms with Crippen LogP contribution in [0, 0.1) is 5.82 Å². The highest BCUT2D eigenvalue weighted by Gasteiger charge is 2.20. The Hall–Kier alpha value is -2.42. The van der Waals surface area contributed by atoms with Crippen molar-refractivity contribution in [2.24, 2.45) is 0 Å². The van der Waals surface area contributed by atoms with E-state index in [0.29, 0.717) is 50.7 Å². The first-order chi connectivity index (χ1) is 14.7. The van der Waals surface area contributed by atoms with Gasteiger partial charge in [-0.05, 0) is 37.4 Å². The van der Waals surface area contributed by atoms with Crippen LogP contribution in [0.25, 0.3) is 11.0 Å². The number of rotatable bonds is 8. The molecule has 31 heavy (non-hydrogen) atoms. The highest BCUT2D eigenvalue weighted by Crippen LogP contribution is 2.33. The molecular formula is C22H24ClFN2O4S. The summed E-state index contributed by atoms with van der Waals surface area (Å²) >= 11 is 6.32. The molecule has 9 heteroatoms. The van der Waals surface area contributed by atoms with Gasteiger partial charge in [0.25, 0.3) is 0 Å². The fourth-order valence-corrected chi connectivity index (χ4v) is 4.10. The van der Waals surface area contributed by atoms with Crippen molar-refractivity contribution in [2.75, 3.05) is 31.7 Å². The number of ether oxygens (including phenoxy) is 1. The second-order valence-electron chi connectivity index (χ2n) is 7.26. The van der Waals surface area contributed by atoms with E-state index in [1.54, 1.807) is 31.2 Å². The Kier molecular flexibility index (Phi) is 7.35. The summed E-state index contributed by atoms with van der Waals surface area (Å²) in [7, 11) is 3.85. The van der Waals surface area contributed by atoms with Crippen LogP contribution < -0.4 is 15.1 Å². The number of hydrogen-bond donors (Lipinski definition) is 1. The van der Waals surface area contributed by atoms with E-state index in [0.717, 1.165) is 0 Å². The highest BCUT2D eigenvalue weighted by molar-refractivity contribution is 7.86. The van der Waals surface area contributed by atoms with Gasteiger partial charge in [-0.15, -0.1) is 0 Å². The summed E-state index contributed by atoms with van der Waals surface area (Å²) in [4.78, 5) is 14.8. The number of nitrogens with zero attached hydrogens (tertiary/aromatic N) is 1. The smallest absolute Gasteiger partial charge is 0.340 e. The molecule has 0 aliphatic heterocycles. The number of methoxy groups -OCH3 is 1. The van der Waals surface area contributed by atoms with Crippen LogP contribution in [-0.4, -0.2) is 36.1 Å². The van der Waals surface area contributed by atoms with E-state index in [2.05, 4.69) is 4.72 Å². The third-order valence-corrected chi connectivity index (χ3v) is 6.07. The predicted molar refractivity (Wildman–Crippen MR) is 123 cm³/mol. The molecular weight excluding hydrogens is 443 g/mol. The van der Waals surface area contributed by atoms with Crippen LogP contribution in [-0.2, 0) is 24.0 Å². The maximum Gasteiger partial charge on any atom is 0.340 e. The molecule has 1 N–H and O–H groups in total. The highest BCUT2D eigenvalue weighted by atomic mass is 35.5.